The highest BCUT2D eigenvalue weighted by molar-refractivity contribution is 9.10. The van der Waals surface area contributed by atoms with Crippen molar-refractivity contribution in [1.82, 2.24) is 0 Å². The second kappa shape index (κ2) is 6.33. The number of rotatable bonds is 4. The molecule has 0 N–H and O–H groups in total. The zero-order valence-electron chi connectivity index (χ0n) is 10.6. The number of hydrogen-bond acceptors (Lipinski definition) is 0. The van der Waals surface area contributed by atoms with Crippen molar-refractivity contribution in [2.24, 2.45) is 5.41 Å². The summed E-state index contributed by atoms with van der Waals surface area (Å²) in [6.45, 7) is 6.71. The molecule has 1 aromatic rings. The lowest BCUT2D eigenvalue weighted by Crippen LogP contribution is -2.20. The standard InChI is InChI=1S/C14H19Br2F/c1-14(2,3)13(16)6-4-5-10-7-8-12(17)11(15)9-10/h7-9,13H,4-6H2,1-3H3. The zero-order valence-corrected chi connectivity index (χ0v) is 13.7. The van der Waals surface area contributed by atoms with E-state index in [1.54, 1.807) is 0 Å². The molecule has 3 heteroatoms. The summed E-state index contributed by atoms with van der Waals surface area (Å²) in [7, 11) is 0. The SMILES string of the molecule is CC(C)(C)C(Br)CCCc1ccc(F)c(Br)c1. The minimum atomic E-state index is -0.193. The van der Waals surface area contributed by atoms with Crippen LogP contribution in [0.25, 0.3) is 0 Å². The highest BCUT2D eigenvalue weighted by Gasteiger charge is 2.20. The van der Waals surface area contributed by atoms with Gasteiger partial charge in [0.05, 0.1) is 4.47 Å². The smallest absolute Gasteiger partial charge is 0.137 e. The molecule has 0 spiro atoms. The zero-order chi connectivity index (χ0) is 13.1. The molecule has 1 unspecified atom stereocenters. The molecule has 0 nitrogen and oxygen atoms in total. The maximum Gasteiger partial charge on any atom is 0.137 e. The first-order valence-corrected chi connectivity index (χ1v) is 7.59. The fourth-order valence-corrected chi connectivity index (χ4v) is 2.36. The minimum absolute atomic E-state index is 0.193. The van der Waals surface area contributed by atoms with Crippen molar-refractivity contribution in [1.29, 1.82) is 0 Å². The van der Waals surface area contributed by atoms with Crippen molar-refractivity contribution in [3.8, 4) is 0 Å². The summed E-state index contributed by atoms with van der Waals surface area (Å²) in [6.07, 6.45) is 3.25. The first kappa shape index (κ1) is 15.2. The fourth-order valence-electron chi connectivity index (χ4n) is 1.61. The van der Waals surface area contributed by atoms with Crippen LogP contribution in [0.5, 0.6) is 0 Å². The molecule has 0 saturated carbocycles. The van der Waals surface area contributed by atoms with Gasteiger partial charge in [-0.05, 0) is 58.3 Å². The van der Waals surface area contributed by atoms with Gasteiger partial charge in [-0.25, -0.2) is 4.39 Å². The Morgan fingerprint density at radius 3 is 2.47 bits per heavy atom. The van der Waals surface area contributed by atoms with Crippen molar-refractivity contribution < 1.29 is 4.39 Å². The van der Waals surface area contributed by atoms with Crippen LogP contribution in [0.1, 0.15) is 39.2 Å². The van der Waals surface area contributed by atoms with Crippen LogP contribution in [0.15, 0.2) is 22.7 Å². The van der Waals surface area contributed by atoms with Crippen molar-refractivity contribution in [3.05, 3.63) is 34.1 Å². The third kappa shape index (κ3) is 5.09. The van der Waals surface area contributed by atoms with Gasteiger partial charge in [0.25, 0.3) is 0 Å². The minimum Gasteiger partial charge on any atom is -0.206 e. The Bertz CT molecular complexity index is 369. The Kier molecular flexibility index (Phi) is 5.65. The Morgan fingerprint density at radius 2 is 1.94 bits per heavy atom. The van der Waals surface area contributed by atoms with Crippen LogP contribution in [-0.2, 0) is 6.42 Å². The van der Waals surface area contributed by atoms with Gasteiger partial charge in [0.1, 0.15) is 5.82 Å². The molecule has 0 radical (unpaired) electrons. The third-order valence-corrected chi connectivity index (χ3v) is 5.29. The maximum atomic E-state index is 13.1. The van der Waals surface area contributed by atoms with Gasteiger partial charge in [-0.15, -0.1) is 0 Å². The van der Waals surface area contributed by atoms with Crippen LogP contribution >= 0.6 is 31.9 Å². The van der Waals surface area contributed by atoms with E-state index in [0.29, 0.717) is 14.7 Å². The van der Waals surface area contributed by atoms with E-state index in [0.717, 1.165) is 19.3 Å². The van der Waals surface area contributed by atoms with Crippen LogP contribution < -0.4 is 0 Å². The molecule has 96 valence electrons. The fraction of sp³-hybridized carbons (Fsp3) is 0.571. The normalized spacial score (nSPS) is 13.8. The van der Waals surface area contributed by atoms with Gasteiger partial charge < -0.3 is 0 Å². The first-order chi connectivity index (χ1) is 7.80. The molecule has 1 aromatic carbocycles. The molecule has 1 atom stereocenters. The van der Waals surface area contributed by atoms with E-state index in [2.05, 4.69) is 52.6 Å². The molecule has 1 rings (SSSR count). The van der Waals surface area contributed by atoms with E-state index in [1.807, 2.05) is 12.1 Å². The lowest BCUT2D eigenvalue weighted by atomic mass is 9.89. The van der Waals surface area contributed by atoms with E-state index in [1.165, 1.54) is 11.6 Å². The van der Waals surface area contributed by atoms with Crippen LogP contribution in [0.3, 0.4) is 0 Å². The average molecular weight is 366 g/mol. The molecule has 0 aliphatic heterocycles. The summed E-state index contributed by atoms with van der Waals surface area (Å²) in [6, 6.07) is 5.25. The lowest BCUT2D eigenvalue weighted by Gasteiger charge is -2.25. The summed E-state index contributed by atoms with van der Waals surface area (Å²) in [4.78, 5) is 0.527. The van der Waals surface area contributed by atoms with Gasteiger partial charge in [-0.2, -0.15) is 0 Å². The largest absolute Gasteiger partial charge is 0.206 e. The molecule has 0 aliphatic rings. The topological polar surface area (TPSA) is 0 Å². The second-order valence-electron chi connectivity index (χ2n) is 5.47. The van der Waals surface area contributed by atoms with Crippen molar-refractivity contribution in [2.45, 2.75) is 44.9 Å². The average Bonchev–Trinajstić information content (AvgIpc) is 2.22. The van der Waals surface area contributed by atoms with Gasteiger partial charge in [0.2, 0.25) is 0 Å². The summed E-state index contributed by atoms with van der Waals surface area (Å²) >= 11 is 6.94. The van der Waals surface area contributed by atoms with Crippen LogP contribution in [-0.4, -0.2) is 4.83 Å². The van der Waals surface area contributed by atoms with Crippen LogP contribution in [0.4, 0.5) is 4.39 Å². The molecule has 0 amide bonds. The monoisotopic (exact) mass is 364 g/mol. The summed E-state index contributed by atoms with van der Waals surface area (Å²) in [5, 5.41) is 0. The Hall–Kier alpha value is 0.110. The molecule has 0 heterocycles. The highest BCUT2D eigenvalue weighted by atomic mass is 79.9. The molecule has 17 heavy (non-hydrogen) atoms. The number of halogens is 3. The third-order valence-electron chi connectivity index (χ3n) is 2.85. The summed E-state index contributed by atoms with van der Waals surface area (Å²) in [5.74, 6) is -0.193. The lowest BCUT2D eigenvalue weighted by molar-refractivity contribution is 0.380. The molecule has 0 aromatic heterocycles. The van der Waals surface area contributed by atoms with Gasteiger partial charge in [0.15, 0.2) is 0 Å². The Labute approximate surface area is 120 Å². The highest BCUT2D eigenvalue weighted by Crippen LogP contribution is 2.30. The van der Waals surface area contributed by atoms with E-state index in [-0.39, 0.29) is 5.82 Å². The molecular weight excluding hydrogens is 347 g/mol. The Morgan fingerprint density at radius 1 is 1.29 bits per heavy atom. The molecular formula is C14H19Br2F. The van der Waals surface area contributed by atoms with Crippen LogP contribution in [0.2, 0.25) is 0 Å². The van der Waals surface area contributed by atoms with Gasteiger partial charge in [-0.1, -0.05) is 42.8 Å². The molecule has 0 fully saturated rings. The Balaban J connectivity index is 2.44. The number of benzene rings is 1. The quantitative estimate of drug-likeness (QED) is 0.598. The van der Waals surface area contributed by atoms with Crippen LogP contribution in [0, 0.1) is 11.2 Å². The predicted octanol–water partition coefficient (Wildman–Crippen LogP) is 5.72. The first-order valence-electron chi connectivity index (χ1n) is 5.88. The summed E-state index contributed by atoms with van der Waals surface area (Å²) < 4.78 is 13.6. The molecule has 0 bridgehead atoms. The van der Waals surface area contributed by atoms with Crippen molar-refractivity contribution >= 4 is 31.9 Å². The number of hydrogen-bond donors (Lipinski definition) is 0. The van der Waals surface area contributed by atoms with E-state index in [4.69, 9.17) is 0 Å². The molecule has 0 aliphatic carbocycles. The van der Waals surface area contributed by atoms with E-state index in [9.17, 15) is 4.39 Å². The van der Waals surface area contributed by atoms with E-state index >= 15 is 0 Å². The van der Waals surface area contributed by atoms with Gasteiger partial charge in [-0.3, -0.25) is 0 Å². The van der Waals surface area contributed by atoms with Crippen molar-refractivity contribution in [3.63, 3.8) is 0 Å². The van der Waals surface area contributed by atoms with Crippen molar-refractivity contribution in [2.75, 3.05) is 0 Å². The maximum absolute atomic E-state index is 13.1. The molecule has 0 saturated heterocycles. The van der Waals surface area contributed by atoms with E-state index < -0.39 is 0 Å². The number of aryl methyl sites for hydroxylation is 1. The number of alkyl halides is 1. The van der Waals surface area contributed by atoms with Gasteiger partial charge in [0, 0.05) is 4.83 Å². The van der Waals surface area contributed by atoms with Gasteiger partial charge >= 0.3 is 0 Å². The second-order valence-corrected chi connectivity index (χ2v) is 7.43. The summed E-state index contributed by atoms with van der Waals surface area (Å²) in [5.41, 5.74) is 1.48. The predicted molar refractivity (Wildman–Crippen MR) is 79.2 cm³/mol.